The smallest absolute Gasteiger partial charge is 0.259 e. The molecule has 0 aliphatic carbocycles. The molecule has 0 radical (unpaired) electrons. The highest BCUT2D eigenvalue weighted by molar-refractivity contribution is 9.10. The average molecular weight is 310 g/mol. The molecule has 0 amide bonds. The molecular weight excluding hydrogens is 305 g/mol. The Hall–Kier alpha value is -2.09. The molecule has 0 aliphatic heterocycles. The maximum absolute atomic E-state index is 13.3. The molecule has 90 valence electrons. The Morgan fingerprint density at radius 1 is 1.28 bits per heavy atom. The number of rotatable bonds is 1. The summed E-state index contributed by atoms with van der Waals surface area (Å²) in [5, 5.41) is 6.44. The quantitative estimate of drug-likeness (QED) is 0.715. The van der Waals surface area contributed by atoms with E-state index >= 15 is 0 Å². The molecule has 0 saturated carbocycles. The number of aromatic amines is 2. The van der Waals surface area contributed by atoms with Crippen LogP contribution >= 0.6 is 15.9 Å². The van der Waals surface area contributed by atoms with Gasteiger partial charge in [0.25, 0.3) is 5.56 Å². The fraction of sp³-hybridized carbons (Fsp3) is 0. The first-order chi connectivity index (χ1) is 8.65. The van der Waals surface area contributed by atoms with Crippen LogP contribution in [0.5, 0.6) is 0 Å². The van der Waals surface area contributed by atoms with Crippen LogP contribution in [0.2, 0.25) is 0 Å². The molecule has 0 fully saturated rings. The van der Waals surface area contributed by atoms with Gasteiger partial charge in [-0.05, 0) is 28.1 Å². The first-order valence-electron chi connectivity index (χ1n) is 4.90. The topological polar surface area (TPSA) is 87.3 Å². The standard InChI is InChI=1S/C10H5BrFN5O/c11-5-2-7-4(1-6(5)12)10(18)16-9(15-7)8-13-3-14-17-8/h1-3H,(H,13,14,17)(H,15,16,18). The molecule has 1 aromatic carbocycles. The van der Waals surface area contributed by atoms with Crippen LogP contribution in [0.25, 0.3) is 22.6 Å². The Morgan fingerprint density at radius 3 is 2.83 bits per heavy atom. The molecule has 3 aromatic rings. The largest absolute Gasteiger partial charge is 0.303 e. The highest BCUT2D eigenvalue weighted by atomic mass is 79.9. The Labute approximate surface area is 107 Å². The first-order valence-corrected chi connectivity index (χ1v) is 5.69. The third kappa shape index (κ3) is 1.70. The summed E-state index contributed by atoms with van der Waals surface area (Å²) >= 11 is 3.05. The third-order valence-corrected chi connectivity index (χ3v) is 2.99. The molecule has 0 atom stereocenters. The van der Waals surface area contributed by atoms with Crippen molar-refractivity contribution in [3.05, 3.63) is 39.1 Å². The predicted molar refractivity (Wildman–Crippen MR) is 65.4 cm³/mol. The molecule has 3 rings (SSSR count). The molecule has 0 aliphatic rings. The summed E-state index contributed by atoms with van der Waals surface area (Å²) in [6.07, 6.45) is 1.31. The third-order valence-electron chi connectivity index (χ3n) is 2.39. The second-order valence-electron chi connectivity index (χ2n) is 3.53. The zero-order chi connectivity index (χ0) is 12.7. The van der Waals surface area contributed by atoms with Crippen LogP contribution in [0.1, 0.15) is 0 Å². The molecule has 6 nitrogen and oxygen atoms in total. The lowest BCUT2D eigenvalue weighted by Gasteiger charge is -2.01. The molecule has 0 bridgehead atoms. The molecule has 2 heterocycles. The number of hydrogen-bond donors (Lipinski definition) is 2. The Balaban J connectivity index is 2.34. The van der Waals surface area contributed by atoms with Gasteiger partial charge in [0.05, 0.1) is 15.4 Å². The van der Waals surface area contributed by atoms with Crippen molar-refractivity contribution < 1.29 is 4.39 Å². The predicted octanol–water partition coefficient (Wildman–Crippen LogP) is 1.61. The van der Waals surface area contributed by atoms with Gasteiger partial charge in [-0.2, -0.15) is 5.10 Å². The molecule has 0 unspecified atom stereocenters. The van der Waals surface area contributed by atoms with Gasteiger partial charge in [-0.3, -0.25) is 9.89 Å². The van der Waals surface area contributed by atoms with Crippen molar-refractivity contribution in [2.45, 2.75) is 0 Å². The van der Waals surface area contributed by atoms with Gasteiger partial charge >= 0.3 is 0 Å². The molecule has 2 N–H and O–H groups in total. The number of aromatic nitrogens is 5. The van der Waals surface area contributed by atoms with E-state index < -0.39 is 11.4 Å². The van der Waals surface area contributed by atoms with Crippen molar-refractivity contribution in [3.8, 4) is 11.6 Å². The van der Waals surface area contributed by atoms with Crippen molar-refractivity contribution in [1.82, 2.24) is 25.1 Å². The van der Waals surface area contributed by atoms with Gasteiger partial charge < -0.3 is 4.98 Å². The number of benzene rings is 1. The minimum Gasteiger partial charge on any atom is -0.303 e. The second kappa shape index (κ2) is 3.98. The van der Waals surface area contributed by atoms with Gasteiger partial charge in [-0.15, -0.1) is 0 Å². The molecular formula is C10H5BrFN5O. The van der Waals surface area contributed by atoms with E-state index in [-0.39, 0.29) is 15.7 Å². The zero-order valence-electron chi connectivity index (χ0n) is 8.74. The lowest BCUT2D eigenvalue weighted by molar-refractivity contribution is 0.623. The van der Waals surface area contributed by atoms with Crippen LogP contribution in [0.15, 0.2) is 27.7 Å². The number of halogens is 2. The number of H-pyrrole nitrogens is 2. The van der Waals surface area contributed by atoms with Gasteiger partial charge in [0.1, 0.15) is 12.1 Å². The molecule has 18 heavy (non-hydrogen) atoms. The number of nitrogens with one attached hydrogen (secondary N) is 2. The summed E-state index contributed by atoms with van der Waals surface area (Å²) in [7, 11) is 0. The Kier molecular flexibility index (Phi) is 2.44. The van der Waals surface area contributed by atoms with Crippen molar-refractivity contribution >= 4 is 26.8 Å². The fourth-order valence-corrected chi connectivity index (χ4v) is 1.90. The summed E-state index contributed by atoms with van der Waals surface area (Å²) < 4.78 is 13.6. The summed E-state index contributed by atoms with van der Waals surface area (Å²) in [5.74, 6) is 0.0835. The first kappa shape index (κ1) is 11.0. The Bertz CT molecular complexity index is 783. The maximum atomic E-state index is 13.3. The molecule has 0 spiro atoms. The van der Waals surface area contributed by atoms with Gasteiger partial charge in [0.15, 0.2) is 11.6 Å². The normalized spacial score (nSPS) is 11.0. The van der Waals surface area contributed by atoms with E-state index in [0.717, 1.165) is 6.07 Å². The molecule has 8 heteroatoms. The van der Waals surface area contributed by atoms with Crippen LogP contribution in [0.4, 0.5) is 4.39 Å². The van der Waals surface area contributed by atoms with Gasteiger partial charge in [-0.25, -0.2) is 14.4 Å². The SMILES string of the molecule is O=c1[nH]c(-c2ncn[nH]2)nc2cc(Br)c(F)cc12. The van der Waals surface area contributed by atoms with Gasteiger partial charge in [-0.1, -0.05) is 0 Å². The van der Waals surface area contributed by atoms with Crippen molar-refractivity contribution in [3.63, 3.8) is 0 Å². The summed E-state index contributed by atoms with van der Waals surface area (Å²) in [4.78, 5) is 22.4. The van der Waals surface area contributed by atoms with E-state index in [1.807, 2.05) is 0 Å². The Morgan fingerprint density at radius 2 is 2.11 bits per heavy atom. The van der Waals surface area contributed by atoms with Crippen LogP contribution in [0, 0.1) is 5.82 Å². The summed E-state index contributed by atoms with van der Waals surface area (Å²) in [6.45, 7) is 0. The highest BCUT2D eigenvalue weighted by Gasteiger charge is 2.10. The van der Waals surface area contributed by atoms with E-state index in [0.29, 0.717) is 11.3 Å². The monoisotopic (exact) mass is 309 g/mol. The van der Waals surface area contributed by atoms with Crippen molar-refractivity contribution in [1.29, 1.82) is 0 Å². The molecule has 2 aromatic heterocycles. The van der Waals surface area contributed by atoms with E-state index in [9.17, 15) is 9.18 Å². The minimum atomic E-state index is -0.512. The average Bonchev–Trinajstić information content (AvgIpc) is 2.85. The van der Waals surface area contributed by atoms with Crippen LogP contribution in [-0.2, 0) is 0 Å². The van der Waals surface area contributed by atoms with Crippen LogP contribution in [-0.4, -0.2) is 25.1 Å². The second-order valence-corrected chi connectivity index (χ2v) is 4.39. The van der Waals surface area contributed by atoms with Crippen LogP contribution in [0.3, 0.4) is 0 Å². The number of hydrogen-bond acceptors (Lipinski definition) is 4. The zero-order valence-corrected chi connectivity index (χ0v) is 10.3. The van der Waals surface area contributed by atoms with E-state index in [4.69, 9.17) is 0 Å². The fourth-order valence-electron chi connectivity index (χ4n) is 1.57. The summed E-state index contributed by atoms with van der Waals surface area (Å²) in [6, 6.07) is 2.58. The van der Waals surface area contributed by atoms with Gasteiger partial charge in [0.2, 0.25) is 0 Å². The van der Waals surface area contributed by atoms with Gasteiger partial charge in [0, 0.05) is 0 Å². The van der Waals surface area contributed by atoms with Crippen LogP contribution < -0.4 is 5.56 Å². The summed E-state index contributed by atoms with van der Waals surface area (Å²) in [5.41, 5.74) is -0.0591. The van der Waals surface area contributed by atoms with Crippen molar-refractivity contribution in [2.24, 2.45) is 0 Å². The maximum Gasteiger partial charge on any atom is 0.259 e. The van der Waals surface area contributed by atoms with E-state index in [1.165, 1.54) is 12.4 Å². The lowest BCUT2D eigenvalue weighted by atomic mass is 10.2. The molecule has 0 saturated heterocycles. The van der Waals surface area contributed by atoms with E-state index in [1.54, 1.807) is 0 Å². The highest BCUT2D eigenvalue weighted by Crippen LogP contribution is 2.20. The van der Waals surface area contributed by atoms with E-state index in [2.05, 4.69) is 41.1 Å². The minimum absolute atomic E-state index is 0.180. The lowest BCUT2D eigenvalue weighted by Crippen LogP contribution is -2.10. The van der Waals surface area contributed by atoms with Crippen molar-refractivity contribution in [2.75, 3.05) is 0 Å². The number of fused-ring (bicyclic) bond motifs is 1. The number of nitrogens with zero attached hydrogens (tertiary/aromatic N) is 3.